The Hall–Kier alpha value is -0.820. The van der Waals surface area contributed by atoms with E-state index < -0.39 is 0 Å². The molecule has 0 amide bonds. The molecule has 0 aromatic heterocycles. The van der Waals surface area contributed by atoms with E-state index in [-0.39, 0.29) is 0 Å². The van der Waals surface area contributed by atoms with Crippen molar-refractivity contribution < 1.29 is 0 Å². The lowest BCUT2D eigenvalue weighted by molar-refractivity contribution is 0.677. The van der Waals surface area contributed by atoms with Crippen LogP contribution < -0.4 is 5.32 Å². The van der Waals surface area contributed by atoms with Crippen molar-refractivity contribution in [3.05, 3.63) is 35.4 Å². The van der Waals surface area contributed by atoms with Gasteiger partial charge in [-0.1, -0.05) is 44.5 Å². The zero-order valence-electron chi connectivity index (χ0n) is 9.51. The van der Waals surface area contributed by atoms with Gasteiger partial charge < -0.3 is 5.32 Å². The molecule has 0 heterocycles. The number of hydrogen-bond donors (Lipinski definition) is 1. The molecule has 1 N–H and O–H groups in total. The zero-order valence-corrected chi connectivity index (χ0v) is 9.51. The molecule has 1 heteroatoms. The van der Waals surface area contributed by atoms with Crippen LogP contribution in [0, 0.1) is 0 Å². The summed E-state index contributed by atoms with van der Waals surface area (Å²) < 4.78 is 0. The molecular formula is C13H21N. The summed E-state index contributed by atoms with van der Waals surface area (Å²) in [5, 5.41) is 3.21. The maximum atomic E-state index is 3.21. The first-order valence-corrected chi connectivity index (χ1v) is 5.51. The molecule has 0 radical (unpaired) electrons. The second-order valence-electron chi connectivity index (χ2n) is 3.95. The molecule has 0 saturated carbocycles. The molecule has 0 spiro atoms. The highest BCUT2D eigenvalue weighted by molar-refractivity contribution is 5.25. The predicted octanol–water partition coefficient (Wildman–Crippen LogP) is 2.96. The lowest BCUT2D eigenvalue weighted by Gasteiger charge is -2.11. The first-order valence-electron chi connectivity index (χ1n) is 5.51. The minimum atomic E-state index is 0.607. The molecule has 1 nitrogen and oxygen atoms in total. The quantitative estimate of drug-likeness (QED) is 0.754. The van der Waals surface area contributed by atoms with E-state index in [0.717, 1.165) is 6.54 Å². The number of rotatable bonds is 5. The molecule has 1 unspecified atom stereocenters. The molecular weight excluding hydrogens is 170 g/mol. The van der Waals surface area contributed by atoms with Gasteiger partial charge in [-0.3, -0.25) is 0 Å². The van der Waals surface area contributed by atoms with Crippen LogP contribution in [0.4, 0.5) is 0 Å². The number of aryl methyl sites for hydroxylation is 1. The van der Waals surface area contributed by atoms with Gasteiger partial charge in [-0.15, -0.1) is 0 Å². The van der Waals surface area contributed by atoms with Gasteiger partial charge in [0.1, 0.15) is 0 Å². The second kappa shape index (κ2) is 5.82. The van der Waals surface area contributed by atoms with Gasteiger partial charge >= 0.3 is 0 Å². The Kier molecular flexibility index (Phi) is 4.68. The van der Waals surface area contributed by atoms with E-state index in [9.17, 15) is 0 Å². The van der Waals surface area contributed by atoms with Crippen LogP contribution in [-0.2, 0) is 6.42 Å². The van der Waals surface area contributed by atoms with Crippen LogP contribution in [0.1, 0.15) is 37.3 Å². The van der Waals surface area contributed by atoms with Crippen LogP contribution >= 0.6 is 0 Å². The molecule has 1 aromatic rings. The summed E-state index contributed by atoms with van der Waals surface area (Å²) >= 11 is 0. The molecule has 14 heavy (non-hydrogen) atoms. The Morgan fingerprint density at radius 3 is 2.36 bits per heavy atom. The third kappa shape index (κ3) is 3.15. The van der Waals surface area contributed by atoms with Crippen molar-refractivity contribution in [2.75, 3.05) is 13.6 Å². The first-order chi connectivity index (χ1) is 6.77. The van der Waals surface area contributed by atoms with E-state index in [1.54, 1.807) is 0 Å². The van der Waals surface area contributed by atoms with Crippen molar-refractivity contribution in [3.63, 3.8) is 0 Å². The average Bonchev–Trinajstić information content (AvgIpc) is 2.20. The Balaban J connectivity index is 2.62. The molecule has 1 atom stereocenters. The monoisotopic (exact) mass is 191 g/mol. The number of benzene rings is 1. The van der Waals surface area contributed by atoms with Gasteiger partial charge in [0.05, 0.1) is 0 Å². The van der Waals surface area contributed by atoms with Crippen LogP contribution in [0.3, 0.4) is 0 Å². The number of nitrogens with one attached hydrogen (secondary N) is 1. The van der Waals surface area contributed by atoms with E-state index >= 15 is 0 Å². The Labute approximate surface area is 87.5 Å². The summed E-state index contributed by atoms with van der Waals surface area (Å²) in [5.41, 5.74) is 2.88. The van der Waals surface area contributed by atoms with Crippen molar-refractivity contribution in [3.8, 4) is 0 Å². The zero-order chi connectivity index (χ0) is 10.4. The molecule has 1 rings (SSSR count). The fourth-order valence-electron chi connectivity index (χ4n) is 1.73. The maximum absolute atomic E-state index is 3.21. The van der Waals surface area contributed by atoms with Crippen LogP contribution in [-0.4, -0.2) is 13.6 Å². The predicted molar refractivity (Wildman–Crippen MR) is 62.8 cm³/mol. The van der Waals surface area contributed by atoms with Gasteiger partial charge in [0.25, 0.3) is 0 Å². The molecule has 78 valence electrons. The molecule has 0 aliphatic rings. The van der Waals surface area contributed by atoms with Crippen LogP contribution in [0.2, 0.25) is 0 Å². The van der Waals surface area contributed by atoms with Gasteiger partial charge in [0, 0.05) is 6.54 Å². The SMILES string of the molecule is CCCc1ccc(C(C)CNC)cc1. The maximum Gasteiger partial charge on any atom is 0.00144 e. The highest BCUT2D eigenvalue weighted by Crippen LogP contribution is 2.15. The third-order valence-electron chi connectivity index (χ3n) is 2.60. The van der Waals surface area contributed by atoms with Crippen molar-refractivity contribution in [1.29, 1.82) is 0 Å². The summed E-state index contributed by atoms with van der Waals surface area (Å²) in [6.45, 7) is 5.52. The van der Waals surface area contributed by atoms with Gasteiger partial charge in [0.15, 0.2) is 0 Å². The number of hydrogen-bond acceptors (Lipinski definition) is 1. The van der Waals surface area contributed by atoms with Crippen molar-refractivity contribution >= 4 is 0 Å². The summed E-state index contributed by atoms with van der Waals surface area (Å²) in [7, 11) is 2.00. The molecule has 0 fully saturated rings. The summed E-state index contributed by atoms with van der Waals surface area (Å²) in [6.07, 6.45) is 2.42. The summed E-state index contributed by atoms with van der Waals surface area (Å²) in [5.74, 6) is 0.607. The summed E-state index contributed by atoms with van der Waals surface area (Å²) in [6, 6.07) is 9.02. The second-order valence-corrected chi connectivity index (χ2v) is 3.95. The largest absolute Gasteiger partial charge is 0.319 e. The normalized spacial score (nSPS) is 12.8. The summed E-state index contributed by atoms with van der Waals surface area (Å²) in [4.78, 5) is 0. The van der Waals surface area contributed by atoms with Crippen LogP contribution in [0.25, 0.3) is 0 Å². The minimum absolute atomic E-state index is 0.607. The van der Waals surface area contributed by atoms with Gasteiger partial charge in [-0.25, -0.2) is 0 Å². The fourth-order valence-corrected chi connectivity index (χ4v) is 1.73. The lowest BCUT2D eigenvalue weighted by Crippen LogP contribution is -2.14. The van der Waals surface area contributed by atoms with E-state index in [4.69, 9.17) is 0 Å². The van der Waals surface area contributed by atoms with E-state index in [1.807, 2.05) is 7.05 Å². The highest BCUT2D eigenvalue weighted by Gasteiger charge is 2.03. The van der Waals surface area contributed by atoms with Crippen LogP contribution in [0.15, 0.2) is 24.3 Å². The van der Waals surface area contributed by atoms with E-state index in [0.29, 0.717) is 5.92 Å². The minimum Gasteiger partial charge on any atom is -0.319 e. The lowest BCUT2D eigenvalue weighted by atomic mass is 9.99. The molecule has 1 aromatic carbocycles. The standard InChI is InChI=1S/C13H21N/c1-4-5-12-6-8-13(9-7-12)11(2)10-14-3/h6-9,11,14H,4-5,10H2,1-3H3. The van der Waals surface area contributed by atoms with E-state index in [1.165, 1.54) is 24.0 Å². The number of likely N-dealkylation sites (N-methyl/N-ethyl adjacent to an activating group) is 1. The molecule has 0 aliphatic carbocycles. The Bertz CT molecular complexity index is 250. The fraction of sp³-hybridized carbons (Fsp3) is 0.538. The Morgan fingerprint density at radius 1 is 1.21 bits per heavy atom. The van der Waals surface area contributed by atoms with Crippen molar-refractivity contribution in [1.82, 2.24) is 5.32 Å². The van der Waals surface area contributed by atoms with Crippen molar-refractivity contribution in [2.24, 2.45) is 0 Å². The van der Waals surface area contributed by atoms with Crippen molar-refractivity contribution in [2.45, 2.75) is 32.6 Å². The smallest absolute Gasteiger partial charge is 0.00144 e. The molecule has 0 bridgehead atoms. The van der Waals surface area contributed by atoms with Gasteiger partial charge in [0.2, 0.25) is 0 Å². The molecule has 0 saturated heterocycles. The van der Waals surface area contributed by atoms with Gasteiger partial charge in [-0.05, 0) is 30.5 Å². The average molecular weight is 191 g/mol. The highest BCUT2D eigenvalue weighted by atomic mass is 14.8. The first kappa shape index (κ1) is 11.3. The third-order valence-corrected chi connectivity index (χ3v) is 2.60. The molecule has 0 aliphatic heterocycles. The van der Waals surface area contributed by atoms with E-state index in [2.05, 4.69) is 43.4 Å². The van der Waals surface area contributed by atoms with Gasteiger partial charge in [-0.2, -0.15) is 0 Å². The topological polar surface area (TPSA) is 12.0 Å². The van der Waals surface area contributed by atoms with Crippen LogP contribution in [0.5, 0.6) is 0 Å². The Morgan fingerprint density at radius 2 is 1.86 bits per heavy atom.